The Morgan fingerprint density at radius 1 is 1.27 bits per heavy atom. The third-order valence-electron chi connectivity index (χ3n) is 3.64. The van der Waals surface area contributed by atoms with Crippen LogP contribution in [0.3, 0.4) is 0 Å². The second kappa shape index (κ2) is 9.87. The molecule has 0 spiro atoms. The van der Waals surface area contributed by atoms with Gasteiger partial charge in [0.05, 0.1) is 13.7 Å². The van der Waals surface area contributed by atoms with Crippen LogP contribution in [0, 0.1) is 5.92 Å². The monoisotopic (exact) mass is 306 g/mol. The van der Waals surface area contributed by atoms with Gasteiger partial charge < -0.3 is 14.6 Å². The normalized spacial score (nSPS) is 12.8. The first kappa shape index (κ1) is 18.1. The van der Waals surface area contributed by atoms with Crippen LogP contribution in [0.15, 0.2) is 30.0 Å². The quantitative estimate of drug-likeness (QED) is 0.515. The van der Waals surface area contributed by atoms with Crippen LogP contribution >= 0.6 is 0 Å². The average Bonchev–Trinajstić information content (AvgIpc) is 2.54. The van der Waals surface area contributed by atoms with Crippen molar-refractivity contribution >= 4 is 12.0 Å². The second-order valence-electron chi connectivity index (χ2n) is 5.31. The molecule has 1 aromatic carbocycles. The Kier molecular flexibility index (Phi) is 8.11. The van der Waals surface area contributed by atoms with Gasteiger partial charge in [-0.2, -0.15) is 0 Å². The number of benzene rings is 1. The molecule has 0 fully saturated rings. The topological polar surface area (TPSA) is 55.8 Å². The maximum Gasteiger partial charge on any atom is 0.371 e. The summed E-state index contributed by atoms with van der Waals surface area (Å²) in [5.41, 5.74) is 0.778. The molecule has 1 atom stereocenters. The number of ether oxygens (including phenoxy) is 2. The highest BCUT2D eigenvalue weighted by atomic mass is 16.5. The van der Waals surface area contributed by atoms with Crippen LogP contribution in [0.2, 0.25) is 0 Å². The van der Waals surface area contributed by atoms with Crippen molar-refractivity contribution in [2.75, 3.05) is 13.7 Å². The Morgan fingerprint density at radius 2 is 1.95 bits per heavy atom. The standard InChI is InChI=1S/C18H26O4/c1-4-6-7-14(5-2)13-22-17(18(19)20)12-15-8-10-16(21-3)11-9-15/h8-12,14H,4-7,13H2,1-3H3,(H,19,20). The number of rotatable bonds is 10. The van der Waals surface area contributed by atoms with Crippen molar-refractivity contribution in [1.29, 1.82) is 0 Å². The molecule has 1 N–H and O–H groups in total. The molecule has 4 nitrogen and oxygen atoms in total. The van der Waals surface area contributed by atoms with Crippen LogP contribution in [-0.4, -0.2) is 24.8 Å². The molecule has 0 saturated carbocycles. The fourth-order valence-corrected chi connectivity index (χ4v) is 2.12. The summed E-state index contributed by atoms with van der Waals surface area (Å²) in [7, 11) is 1.60. The number of carboxylic acid groups (broad SMARTS) is 1. The third-order valence-corrected chi connectivity index (χ3v) is 3.64. The largest absolute Gasteiger partial charge is 0.497 e. The van der Waals surface area contributed by atoms with Gasteiger partial charge in [-0.25, -0.2) is 4.79 Å². The maximum atomic E-state index is 11.3. The third kappa shape index (κ3) is 6.20. The van der Waals surface area contributed by atoms with Gasteiger partial charge in [-0.3, -0.25) is 0 Å². The van der Waals surface area contributed by atoms with Crippen LogP contribution in [-0.2, 0) is 9.53 Å². The highest BCUT2D eigenvalue weighted by Crippen LogP contribution is 2.17. The van der Waals surface area contributed by atoms with E-state index in [9.17, 15) is 9.90 Å². The summed E-state index contributed by atoms with van der Waals surface area (Å²) in [6, 6.07) is 7.20. The van der Waals surface area contributed by atoms with Gasteiger partial charge >= 0.3 is 5.97 Å². The summed E-state index contributed by atoms with van der Waals surface area (Å²) in [6.07, 6.45) is 5.91. The van der Waals surface area contributed by atoms with E-state index >= 15 is 0 Å². The van der Waals surface area contributed by atoms with Crippen molar-refractivity contribution in [3.05, 3.63) is 35.6 Å². The molecule has 4 heteroatoms. The van der Waals surface area contributed by atoms with E-state index in [1.807, 2.05) is 0 Å². The van der Waals surface area contributed by atoms with E-state index in [-0.39, 0.29) is 5.76 Å². The van der Waals surface area contributed by atoms with Gasteiger partial charge in [0, 0.05) is 0 Å². The number of aliphatic carboxylic acids is 1. The maximum absolute atomic E-state index is 11.3. The summed E-state index contributed by atoms with van der Waals surface area (Å²) < 4.78 is 10.6. The Hall–Kier alpha value is -1.97. The number of hydrogen-bond donors (Lipinski definition) is 1. The van der Waals surface area contributed by atoms with Gasteiger partial charge in [0.2, 0.25) is 5.76 Å². The highest BCUT2D eigenvalue weighted by molar-refractivity contribution is 5.89. The first-order chi connectivity index (χ1) is 10.6. The molecule has 22 heavy (non-hydrogen) atoms. The molecule has 0 bridgehead atoms. The van der Waals surface area contributed by atoms with E-state index in [0.717, 1.165) is 37.0 Å². The first-order valence-corrected chi connectivity index (χ1v) is 7.82. The fraction of sp³-hybridized carbons (Fsp3) is 0.500. The minimum atomic E-state index is -1.04. The number of methoxy groups -OCH3 is 1. The molecular formula is C18H26O4. The zero-order valence-corrected chi connectivity index (χ0v) is 13.7. The SMILES string of the molecule is CCCCC(CC)COC(=Cc1ccc(OC)cc1)C(=O)O. The Morgan fingerprint density at radius 3 is 2.45 bits per heavy atom. The predicted octanol–water partition coefficient (Wildman–Crippen LogP) is 4.35. The second-order valence-corrected chi connectivity index (χ2v) is 5.31. The van der Waals surface area contributed by atoms with E-state index in [0.29, 0.717) is 12.5 Å². The van der Waals surface area contributed by atoms with E-state index in [2.05, 4.69) is 13.8 Å². The van der Waals surface area contributed by atoms with Crippen LogP contribution in [0.5, 0.6) is 5.75 Å². The van der Waals surface area contributed by atoms with Crippen molar-refractivity contribution in [3.63, 3.8) is 0 Å². The molecule has 0 aliphatic rings. The van der Waals surface area contributed by atoms with Crippen LogP contribution < -0.4 is 4.74 Å². The molecule has 0 amide bonds. The van der Waals surface area contributed by atoms with Gasteiger partial charge in [-0.05, 0) is 36.1 Å². The van der Waals surface area contributed by atoms with Gasteiger partial charge in [-0.1, -0.05) is 45.2 Å². The van der Waals surface area contributed by atoms with Gasteiger partial charge in [0.15, 0.2) is 0 Å². The van der Waals surface area contributed by atoms with Crippen molar-refractivity contribution in [2.24, 2.45) is 5.92 Å². The lowest BCUT2D eigenvalue weighted by atomic mass is 10.0. The van der Waals surface area contributed by atoms with Gasteiger partial charge in [-0.15, -0.1) is 0 Å². The van der Waals surface area contributed by atoms with Crippen molar-refractivity contribution in [1.82, 2.24) is 0 Å². The van der Waals surface area contributed by atoms with Crippen molar-refractivity contribution in [2.45, 2.75) is 39.5 Å². The number of carbonyl (C=O) groups is 1. The molecule has 0 saturated heterocycles. The molecule has 122 valence electrons. The lowest BCUT2D eigenvalue weighted by Crippen LogP contribution is -2.13. The summed E-state index contributed by atoms with van der Waals surface area (Å²) in [6.45, 7) is 4.71. The minimum Gasteiger partial charge on any atom is -0.497 e. The number of hydrogen-bond acceptors (Lipinski definition) is 3. The highest BCUT2D eigenvalue weighted by Gasteiger charge is 2.13. The Bertz CT molecular complexity index is 476. The van der Waals surface area contributed by atoms with Crippen molar-refractivity contribution < 1.29 is 19.4 Å². The van der Waals surface area contributed by atoms with Crippen LogP contribution in [0.4, 0.5) is 0 Å². The average molecular weight is 306 g/mol. The minimum absolute atomic E-state index is 0.0138. The molecule has 0 aliphatic heterocycles. The molecule has 0 radical (unpaired) electrons. The van der Waals surface area contributed by atoms with E-state index in [1.165, 1.54) is 0 Å². The zero-order chi connectivity index (χ0) is 16.4. The fourth-order valence-electron chi connectivity index (χ4n) is 2.12. The van der Waals surface area contributed by atoms with E-state index < -0.39 is 5.97 Å². The molecular weight excluding hydrogens is 280 g/mol. The lowest BCUT2D eigenvalue weighted by Gasteiger charge is -2.15. The molecule has 1 rings (SSSR count). The van der Waals surface area contributed by atoms with Crippen LogP contribution in [0.1, 0.15) is 45.1 Å². The van der Waals surface area contributed by atoms with Crippen LogP contribution in [0.25, 0.3) is 6.08 Å². The lowest BCUT2D eigenvalue weighted by molar-refractivity contribution is -0.136. The molecule has 1 unspecified atom stereocenters. The first-order valence-electron chi connectivity index (χ1n) is 7.82. The molecule has 1 aromatic rings. The van der Waals surface area contributed by atoms with Crippen molar-refractivity contribution in [3.8, 4) is 5.75 Å². The smallest absolute Gasteiger partial charge is 0.371 e. The number of unbranched alkanes of at least 4 members (excludes halogenated alkanes) is 1. The zero-order valence-electron chi connectivity index (χ0n) is 13.7. The Balaban J connectivity index is 2.71. The van der Waals surface area contributed by atoms with Gasteiger partial charge in [0.1, 0.15) is 5.75 Å². The van der Waals surface area contributed by atoms with Gasteiger partial charge in [0.25, 0.3) is 0 Å². The van der Waals surface area contributed by atoms with E-state index in [4.69, 9.17) is 9.47 Å². The van der Waals surface area contributed by atoms with E-state index in [1.54, 1.807) is 37.5 Å². The summed E-state index contributed by atoms with van der Waals surface area (Å²) in [5.74, 6) is 0.0837. The summed E-state index contributed by atoms with van der Waals surface area (Å²) in [4.78, 5) is 11.3. The molecule has 0 aliphatic carbocycles. The molecule has 0 heterocycles. The summed E-state index contributed by atoms with van der Waals surface area (Å²) >= 11 is 0. The molecule has 0 aromatic heterocycles. The Labute approximate surface area is 132 Å². The predicted molar refractivity (Wildman–Crippen MR) is 87.9 cm³/mol. The summed E-state index contributed by atoms with van der Waals surface area (Å²) in [5, 5.41) is 9.28. The number of carboxylic acids is 1.